The second-order valence-electron chi connectivity index (χ2n) is 2.41. The summed E-state index contributed by atoms with van der Waals surface area (Å²) >= 11 is 3.06. The van der Waals surface area contributed by atoms with Crippen molar-refractivity contribution in [1.82, 2.24) is 0 Å². The molecule has 1 unspecified atom stereocenters. The van der Waals surface area contributed by atoms with Gasteiger partial charge in [0.05, 0.1) is 6.04 Å². The quantitative estimate of drug-likeness (QED) is 0.879. The fourth-order valence-corrected chi connectivity index (χ4v) is 1.12. The van der Waals surface area contributed by atoms with Crippen molar-refractivity contribution in [3.8, 4) is 0 Å². The molecule has 0 aromatic carbocycles. The van der Waals surface area contributed by atoms with Crippen molar-refractivity contribution in [2.24, 2.45) is 5.73 Å². The van der Waals surface area contributed by atoms with Gasteiger partial charge in [-0.05, 0) is 28.1 Å². The molecule has 0 aliphatic heterocycles. The molecular weight excluding hydrogens is 232 g/mol. The monoisotopic (exact) mass is 239 g/mol. The zero-order chi connectivity index (χ0) is 9.14. The van der Waals surface area contributed by atoms with Crippen LogP contribution in [0.4, 0.5) is 8.78 Å². The Labute approximate surface area is 76.9 Å². The fourth-order valence-electron chi connectivity index (χ4n) is 0.783. The predicted molar refractivity (Wildman–Crippen MR) is 44.1 cm³/mol. The summed E-state index contributed by atoms with van der Waals surface area (Å²) in [4.78, 5) is 0. The maximum Gasteiger partial charge on any atom is 0.253 e. The molecule has 0 bridgehead atoms. The standard InChI is InChI=1S/C7H8BrF2NO/c8-6-2-1-4(12-6)3-5(11)7(9)10/h1-2,5,7H,3,11H2. The summed E-state index contributed by atoms with van der Waals surface area (Å²) in [6, 6.07) is 2.11. The normalized spacial score (nSPS) is 13.8. The van der Waals surface area contributed by atoms with Gasteiger partial charge in [-0.2, -0.15) is 0 Å². The van der Waals surface area contributed by atoms with Crippen LogP contribution >= 0.6 is 15.9 Å². The second-order valence-corrected chi connectivity index (χ2v) is 3.19. The topological polar surface area (TPSA) is 39.2 Å². The van der Waals surface area contributed by atoms with E-state index >= 15 is 0 Å². The third kappa shape index (κ3) is 2.57. The van der Waals surface area contributed by atoms with E-state index in [1.165, 1.54) is 0 Å². The number of hydrogen-bond donors (Lipinski definition) is 1. The van der Waals surface area contributed by atoms with Crippen LogP contribution in [0.15, 0.2) is 21.2 Å². The van der Waals surface area contributed by atoms with Crippen LogP contribution in [0.25, 0.3) is 0 Å². The van der Waals surface area contributed by atoms with E-state index in [0.717, 1.165) is 0 Å². The molecule has 0 fully saturated rings. The largest absolute Gasteiger partial charge is 0.454 e. The van der Waals surface area contributed by atoms with Gasteiger partial charge < -0.3 is 10.2 Å². The Balaban J connectivity index is 2.52. The summed E-state index contributed by atoms with van der Waals surface area (Å²) in [5.74, 6) is 0.467. The molecule has 2 N–H and O–H groups in total. The van der Waals surface area contributed by atoms with Crippen molar-refractivity contribution in [1.29, 1.82) is 0 Å². The van der Waals surface area contributed by atoms with Crippen molar-refractivity contribution in [3.63, 3.8) is 0 Å². The predicted octanol–water partition coefficient (Wildman–Crippen LogP) is 2.18. The highest BCUT2D eigenvalue weighted by atomic mass is 79.9. The minimum absolute atomic E-state index is 0.0588. The first-order valence-electron chi connectivity index (χ1n) is 3.37. The summed E-state index contributed by atoms with van der Waals surface area (Å²) in [6.45, 7) is 0. The fraction of sp³-hybridized carbons (Fsp3) is 0.429. The van der Waals surface area contributed by atoms with E-state index in [0.29, 0.717) is 10.4 Å². The van der Waals surface area contributed by atoms with Gasteiger partial charge >= 0.3 is 0 Å². The van der Waals surface area contributed by atoms with Gasteiger partial charge in [0.1, 0.15) is 5.76 Å². The molecule has 1 atom stereocenters. The van der Waals surface area contributed by atoms with E-state index in [9.17, 15) is 8.78 Å². The highest BCUT2D eigenvalue weighted by Gasteiger charge is 2.17. The van der Waals surface area contributed by atoms with Crippen LogP contribution in [0.2, 0.25) is 0 Å². The van der Waals surface area contributed by atoms with E-state index in [1.807, 2.05) is 0 Å². The minimum Gasteiger partial charge on any atom is -0.454 e. The van der Waals surface area contributed by atoms with E-state index in [-0.39, 0.29) is 6.42 Å². The molecule has 0 radical (unpaired) electrons. The van der Waals surface area contributed by atoms with Crippen LogP contribution in [0, 0.1) is 0 Å². The number of furan rings is 1. The van der Waals surface area contributed by atoms with E-state index in [2.05, 4.69) is 15.9 Å². The third-order valence-electron chi connectivity index (χ3n) is 1.39. The summed E-state index contributed by atoms with van der Waals surface area (Å²) in [5.41, 5.74) is 5.13. The Kier molecular flexibility index (Phi) is 3.22. The lowest BCUT2D eigenvalue weighted by molar-refractivity contribution is 0.113. The molecule has 0 saturated heterocycles. The smallest absolute Gasteiger partial charge is 0.253 e. The maximum absolute atomic E-state index is 11.9. The highest BCUT2D eigenvalue weighted by Crippen LogP contribution is 2.16. The number of rotatable bonds is 3. The van der Waals surface area contributed by atoms with Crippen molar-refractivity contribution >= 4 is 15.9 Å². The number of nitrogens with two attached hydrogens (primary N) is 1. The Morgan fingerprint density at radius 2 is 2.17 bits per heavy atom. The first-order chi connectivity index (χ1) is 5.59. The highest BCUT2D eigenvalue weighted by molar-refractivity contribution is 9.10. The average Bonchev–Trinajstić information content (AvgIpc) is 2.35. The van der Waals surface area contributed by atoms with Crippen LogP contribution in [-0.2, 0) is 6.42 Å². The van der Waals surface area contributed by atoms with E-state index in [4.69, 9.17) is 10.2 Å². The van der Waals surface area contributed by atoms with Crippen LogP contribution in [0.1, 0.15) is 5.76 Å². The van der Waals surface area contributed by atoms with Crippen LogP contribution in [0.3, 0.4) is 0 Å². The molecule has 12 heavy (non-hydrogen) atoms. The zero-order valence-corrected chi connectivity index (χ0v) is 7.72. The van der Waals surface area contributed by atoms with Crippen LogP contribution in [-0.4, -0.2) is 12.5 Å². The molecule has 1 heterocycles. The first-order valence-corrected chi connectivity index (χ1v) is 4.17. The molecule has 5 heteroatoms. The van der Waals surface area contributed by atoms with Gasteiger partial charge in [-0.3, -0.25) is 0 Å². The molecule has 2 nitrogen and oxygen atoms in total. The summed E-state index contributed by atoms with van der Waals surface area (Å²) in [7, 11) is 0. The van der Waals surface area contributed by atoms with Gasteiger partial charge in [0.25, 0.3) is 6.43 Å². The Morgan fingerprint density at radius 3 is 2.58 bits per heavy atom. The summed E-state index contributed by atoms with van der Waals surface area (Å²) in [5, 5.41) is 0. The molecule has 1 aromatic heterocycles. The number of alkyl halides is 2. The Bertz CT molecular complexity index is 251. The molecule has 68 valence electrons. The van der Waals surface area contributed by atoms with Gasteiger partial charge in [-0.15, -0.1) is 0 Å². The number of hydrogen-bond acceptors (Lipinski definition) is 2. The molecule has 0 aliphatic carbocycles. The lowest BCUT2D eigenvalue weighted by Crippen LogP contribution is -2.30. The lowest BCUT2D eigenvalue weighted by Gasteiger charge is -2.06. The van der Waals surface area contributed by atoms with Gasteiger partial charge in [-0.25, -0.2) is 8.78 Å². The van der Waals surface area contributed by atoms with Gasteiger partial charge in [-0.1, -0.05) is 0 Å². The van der Waals surface area contributed by atoms with Crippen molar-refractivity contribution < 1.29 is 13.2 Å². The van der Waals surface area contributed by atoms with Crippen molar-refractivity contribution in [3.05, 3.63) is 22.6 Å². The Morgan fingerprint density at radius 1 is 1.50 bits per heavy atom. The van der Waals surface area contributed by atoms with Crippen LogP contribution < -0.4 is 5.73 Å². The van der Waals surface area contributed by atoms with E-state index in [1.54, 1.807) is 12.1 Å². The third-order valence-corrected chi connectivity index (χ3v) is 1.82. The minimum atomic E-state index is -2.51. The molecule has 1 aromatic rings. The van der Waals surface area contributed by atoms with Crippen molar-refractivity contribution in [2.75, 3.05) is 0 Å². The molecule has 0 saturated carbocycles. The zero-order valence-electron chi connectivity index (χ0n) is 6.14. The molecule has 0 spiro atoms. The van der Waals surface area contributed by atoms with Crippen LogP contribution in [0.5, 0.6) is 0 Å². The first kappa shape index (κ1) is 9.67. The summed E-state index contributed by atoms with van der Waals surface area (Å²) in [6.07, 6.45) is -2.45. The van der Waals surface area contributed by atoms with E-state index < -0.39 is 12.5 Å². The maximum atomic E-state index is 11.9. The molecule has 1 rings (SSSR count). The van der Waals surface area contributed by atoms with Gasteiger partial charge in [0, 0.05) is 6.42 Å². The van der Waals surface area contributed by atoms with Gasteiger partial charge in [0.15, 0.2) is 4.67 Å². The summed E-state index contributed by atoms with van der Waals surface area (Å²) < 4.78 is 29.4. The average molecular weight is 240 g/mol. The second kappa shape index (κ2) is 4.00. The molecule has 0 amide bonds. The Hall–Kier alpha value is -0.420. The lowest BCUT2D eigenvalue weighted by atomic mass is 10.2. The van der Waals surface area contributed by atoms with Crippen molar-refractivity contribution in [2.45, 2.75) is 18.9 Å². The molecular formula is C7H8BrF2NO. The molecule has 0 aliphatic rings. The van der Waals surface area contributed by atoms with Gasteiger partial charge in [0.2, 0.25) is 0 Å². The number of halogens is 3. The SMILES string of the molecule is NC(Cc1ccc(Br)o1)C(F)F.